The van der Waals surface area contributed by atoms with Crippen molar-refractivity contribution in [3.8, 4) is 0 Å². The Morgan fingerprint density at radius 2 is 2.11 bits per heavy atom. The van der Waals surface area contributed by atoms with Crippen LogP contribution >= 0.6 is 0 Å². The molecule has 2 atom stereocenters. The SMILES string of the molecule is CC1CCCCC1N(C)c1ccc2nnnn2n1. The molecule has 0 radical (unpaired) electrons. The van der Waals surface area contributed by atoms with Gasteiger partial charge in [-0.2, -0.15) is 0 Å². The smallest absolute Gasteiger partial charge is 0.200 e. The number of hydrogen-bond acceptors (Lipinski definition) is 5. The zero-order valence-corrected chi connectivity index (χ0v) is 10.8. The molecule has 1 fully saturated rings. The molecule has 0 saturated heterocycles. The largest absolute Gasteiger partial charge is 0.355 e. The zero-order chi connectivity index (χ0) is 12.5. The highest BCUT2D eigenvalue weighted by Crippen LogP contribution is 2.29. The molecule has 2 aromatic rings. The molecular formula is C12H18N6. The summed E-state index contributed by atoms with van der Waals surface area (Å²) in [5, 5.41) is 15.8. The van der Waals surface area contributed by atoms with Gasteiger partial charge in [0.05, 0.1) is 0 Å². The van der Waals surface area contributed by atoms with E-state index in [1.807, 2.05) is 12.1 Å². The van der Waals surface area contributed by atoms with Crippen LogP contribution in [0.3, 0.4) is 0 Å². The van der Waals surface area contributed by atoms with E-state index in [2.05, 4.69) is 39.5 Å². The lowest BCUT2D eigenvalue weighted by Gasteiger charge is -2.36. The van der Waals surface area contributed by atoms with Crippen LogP contribution in [0.2, 0.25) is 0 Å². The second kappa shape index (κ2) is 4.51. The fourth-order valence-corrected chi connectivity index (χ4v) is 2.87. The Balaban J connectivity index is 1.87. The lowest BCUT2D eigenvalue weighted by atomic mass is 9.85. The summed E-state index contributed by atoms with van der Waals surface area (Å²) in [6.07, 6.45) is 5.21. The fourth-order valence-electron chi connectivity index (χ4n) is 2.87. The summed E-state index contributed by atoms with van der Waals surface area (Å²) in [5.41, 5.74) is 0.684. The van der Waals surface area contributed by atoms with Crippen LogP contribution in [0.25, 0.3) is 5.65 Å². The predicted octanol–water partition coefficient (Wildman–Crippen LogP) is 1.53. The number of tetrazole rings is 1. The minimum absolute atomic E-state index is 0.570. The fraction of sp³-hybridized carbons (Fsp3) is 0.667. The average Bonchev–Trinajstić information content (AvgIpc) is 2.85. The molecule has 6 nitrogen and oxygen atoms in total. The van der Waals surface area contributed by atoms with Crippen molar-refractivity contribution in [2.75, 3.05) is 11.9 Å². The van der Waals surface area contributed by atoms with Gasteiger partial charge in [0.25, 0.3) is 0 Å². The lowest BCUT2D eigenvalue weighted by molar-refractivity contribution is 0.320. The van der Waals surface area contributed by atoms with Gasteiger partial charge in [-0.15, -0.1) is 14.8 Å². The zero-order valence-electron chi connectivity index (χ0n) is 10.8. The van der Waals surface area contributed by atoms with Crippen molar-refractivity contribution in [2.45, 2.75) is 38.6 Å². The third-order valence-electron chi connectivity index (χ3n) is 3.98. The first kappa shape index (κ1) is 11.4. The van der Waals surface area contributed by atoms with E-state index in [9.17, 15) is 0 Å². The molecule has 96 valence electrons. The van der Waals surface area contributed by atoms with Gasteiger partial charge in [0.2, 0.25) is 0 Å². The Kier molecular flexibility index (Phi) is 2.85. The Morgan fingerprint density at radius 3 is 2.94 bits per heavy atom. The predicted molar refractivity (Wildman–Crippen MR) is 68.4 cm³/mol. The van der Waals surface area contributed by atoms with E-state index < -0.39 is 0 Å². The highest BCUT2D eigenvalue weighted by molar-refractivity contribution is 5.44. The van der Waals surface area contributed by atoms with E-state index in [0.717, 1.165) is 11.7 Å². The first-order valence-corrected chi connectivity index (χ1v) is 6.54. The molecule has 0 aliphatic heterocycles. The number of aromatic nitrogens is 5. The molecule has 2 unspecified atom stereocenters. The normalized spacial score (nSPS) is 24.3. The van der Waals surface area contributed by atoms with E-state index in [0.29, 0.717) is 11.7 Å². The second-order valence-electron chi connectivity index (χ2n) is 5.16. The molecule has 6 heteroatoms. The monoisotopic (exact) mass is 246 g/mol. The number of nitrogens with zero attached hydrogens (tertiary/aromatic N) is 6. The summed E-state index contributed by atoms with van der Waals surface area (Å²) in [4.78, 5) is 2.27. The van der Waals surface area contributed by atoms with Crippen LogP contribution in [0.4, 0.5) is 5.82 Å². The van der Waals surface area contributed by atoms with Crippen LogP contribution in [0.5, 0.6) is 0 Å². The molecule has 0 spiro atoms. The molecule has 18 heavy (non-hydrogen) atoms. The maximum atomic E-state index is 4.45. The first-order chi connectivity index (χ1) is 8.75. The van der Waals surface area contributed by atoms with Gasteiger partial charge in [-0.1, -0.05) is 19.8 Å². The van der Waals surface area contributed by atoms with Crippen LogP contribution in [-0.2, 0) is 0 Å². The molecule has 2 heterocycles. The van der Waals surface area contributed by atoms with Crippen molar-refractivity contribution in [2.24, 2.45) is 5.92 Å². The van der Waals surface area contributed by atoms with E-state index in [4.69, 9.17) is 0 Å². The van der Waals surface area contributed by atoms with Crippen molar-refractivity contribution in [3.05, 3.63) is 12.1 Å². The van der Waals surface area contributed by atoms with Crippen LogP contribution in [-0.4, -0.2) is 38.3 Å². The van der Waals surface area contributed by atoms with Crippen LogP contribution in [0, 0.1) is 5.92 Å². The summed E-state index contributed by atoms with van der Waals surface area (Å²) in [6, 6.07) is 4.47. The first-order valence-electron chi connectivity index (χ1n) is 6.54. The molecule has 0 N–H and O–H groups in total. The molecule has 3 rings (SSSR count). The maximum absolute atomic E-state index is 4.45. The molecule has 1 aliphatic rings. The summed E-state index contributed by atoms with van der Waals surface area (Å²) in [5.74, 6) is 1.66. The minimum atomic E-state index is 0.570. The van der Waals surface area contributed by atoms with Crippen molar-refractivity contribution < 1.29 is 0 Å². The molecule has 2 aromatic heterocycles. The number of rotatable bonds is 2. The average molecular weight is 246 g/mol. The van der Waals surface area contributed by atoms with Crippen LogP contribution in [0.1, 0.15) is 32.6 Å². The third-order valence-corrected chi connectivity index (χ3v) is 3.98. The summed E-state index contributed by atoms with van der Waals surface area (Å²) >= 11 is 0. The Morgan fingerprint density at radius 1 is 1.28 bits per heavy atom. The quantitative estimate of drug-likeness (QED) is 0.804. The van der Waals surface area contributed by atoms with E-state index in [1.54, 1.807) is 0 Å². The van der Waals surface area contributed by atoms with Crippen molar-refractivity contribution in [1.82, 2.24) is 25.3 Å². The minimum Gasteiger partial charge on any atom is -0.355 e. The second-order valence-corrected chi connectivity index (χ2v) is 5.16. The van der Waals surface area contributed by atoms with Crippen LogP contribution < -0.4 is 4.90 Å². The molecule has 0 amide bonds. The standard InChI is InChI=1S/C12H18N6/c1-9-5-3-4-6-10(9)17(2)12-8-7-11-13-15-16-18(11)14-12/h7-10H,3-6H2,1-2H3. The van der Waals surface area contributed by atoms with Gasteiger partial charge in [-0.25, -0.2) is 0 Å². The van der Waals surface area contributed by atoms with Crippen LogP contribution in [0.15, 0.2) is 12.1 Å². The topological polar surface area (TPSA) is 59.2 Å². The van der Waals surface area contributed by atoms with Gasteiger partial charge in [-0.05, 0) is 41.3 Å². The number of fused-ring (bicyclic) bond motifs is 1. The van der Waals surface area contributed by atoms with E-state index in [1.165, 1.54) is 30.3 Å². The summed E-state index contributed by atoms with van der Waals surface area (Å²) < 4.78 is 1.49. The number of anilines is 1. The maximum Gasteiger partial charge on any atom is 0.200 e. The van der Waals surface area contributed by atoms with Gasteiger partial charge in [0.1, 0.15) is 0 Å². The van der Waals surface area contributed by atoms with Gasteiger partial charge < -0.3 is 4.90 Å². The molecule has 0 bridgehead atoms. The van der Waals surface area contributed by atoms with Gasteiger partial charge >= 0.3 is 0 Å². The lowest BCUT2D eigenvalue weighted by Crippen LogP contribution is -2.39. The van der Waals surface area contributed by atoms with Gasteiger partial charge in [0, 0.05) is 13.1 Å². The Hall–Kier alpha value is -1.72. The van der Waals surface area contributed by atoms with Crippen molar-refractivity contribution in [1.29, 1.82) is 0 Å². The Bertz CT molecular complexity index is 536. The molecule has 1 saturated carbocycles. The molecular weight excluding hydrogens is 228 g/mol. The van der Waals surface area contributed by atoms with Crippen molar-refractivity contribution in [3.63, 3.8) is 0 Å². The molecule has 0 aromatic carbocycles. The summed E-state index contributed by atoms with van der Waals surface area (Å²) in [7, 11) is 2.12. The Labute approximate surface area is 106 Å². The summed E-state index contributed by atoms with van der Waals surface area (Å²) in [6.45, 7) is 2.33. The van der Waals surface area contributed by atoms with Gasteiger partial charge in [0.15, 0.2) is 11.5 Å². The highest BCUT2D eigenvalue weighted by atomic mass is 15.6. The molecule has 1 aliphatic carbocycles. The third kappa shape index (κ3) is 1.91. The highest BCUT2D eigenvalue weighted by Gasteiger charge is 2.26. The number of hydrogen-bond donors (Lipinski definition) is 0. The van der Waals surface area contributed by atoms with Crippen molar-refractivity contribution >= 4 is 11.5 Å². The van der Waals surface area contributed by atoms with E-state index in [-0.39, 0.29) is 0 Å². The van der Waals surface area contributed by atoms with E-state index >= 15 is 0 Å². The van der Waals surface area contributed by atoms with Gasteiger partial charge in [-0.3, -0.25) is 0 Å².